The van der Waals surface area contributed by atoms with E-state index in [9.17, 15) is 0 Å². The number of aliphatic imine (C=N–C) groups is 1. The molecular weight excluding hydrogens is 294 g/mol. The molecule has 0 saturated heterocycles. The molecule has 3 aromatic carbocycles. The predicted octanol–water partition coefficient (Wildman–Crippen LogP) is 4.74. The number of hydrogen-bond donors (Lipinski definition) is 0. The summed E-state index contributed by atoms with van der Waals surface area (Å²) in [6.07, 6.45) is 1.83. The third kappa shape index (κ3) is 2.72. The highest BCUT2D eigenvalue weighted by atomic mass is 15.0. The molecule has 0 spiro atoms. The fourth-order valence-electron chi connectivity index (χ4n) is 2.81. The largest absolute Gasteiger partial charge is 0.334 e. The van der Waals surface area contributed by atoms with E-state index in [4.69, 9.17) is 4.99 Å². The van der Waals surface area contributed by atoms with Gasteiger partial charge in [0.1, 0.15) is 0 Å². The van der Waals surface area contributed by atoms with Crippen LogP contribution in [0.2, 0.25) is 0 Å². The van der Waals surface area contributed by atoms with Gasteiger partial charge < -0.3 is 4.57 Å². The first-order valence-corrected chi connectivity index (χ1v) is 7.92. The molecule has 0 aliphatic heterocycles. The molecule has 24 heavy (non-hydrogen) atoms. The Kier molecular flexibility index (Phi) is 3.67. The normalized spacial score (nSPS) is 10.7. The molecule has 0 aliphatic carbocycles. The van der Waals surface area contributed by atoms with Crippen LogP contribution in [0.1, 0.15) is 11.1 Å². The first-order valence-electron chi connectivity index (χ1n) is 7.92. The molecule has 1 aromatic heterocycles. The van der Waals surface area contributed by atoms with Crippen molar-refractivity contribution in [1.82, 2.24) is 9.55 Å². The highest BCUT2D eigenvalue weighted by molar-refractivity contribution is 6.14. The second-order valence-electron chi connectivity index (χ2n) is 5.72. The van der Waals surface area contributed by atoms with Gasteiger partial charge in [-0.15, -0.1) is 0 Å². The maximum atomic E-state index is 4.93. The van der Waals surface area contributed by atoms with Crippen LogP contribution in [0.5, 0.6) is 0 Å². The van der Waals surface area contributed by atoms with Crippen LogP contribution in [0.25, 0.3) is 11.0 Å². The van der Waals surface area contributed by atoms with Crippen molar-refractivity contribution in [3.8, 4) is 0 Å². The Hall–Kier alpha value is -3.20. The van der Waals surface area contributed by atoms with Gasteiger partial charge in [0, 0.05) is 18.2 Å². The first kappa shape index (κ1) is 14.4. The number of aryl methyl sites for hydroxylation is 1. The number of aromatic nitrogens is 2. The monoisotopic (exact) mass is 311 g/mol. The number of hydrogen-bond acceptors (Lipinski definition) is 2. The van der Waals surface area contributed by atoms with E-state index in [1.165, 1.54) is 0 Å². The molecule has 0 unspecified atom stereocenters. The van der Waals surface area contributed by atoms with Crippen molar-refractivity contribution in [2.75, 3.05) is 0 Å². The minimum atomic E-state index is 0.906. The average Bonchev–Trinajstić information content (AvgIpc) is 3.02. The Morgan fingerprint density at radius 1 is 0.833 bits per heavy atom. The number of benzene rings is 3. The van der Waals surface area contributed by atoms with E-state index >= 15 is 0 Å². The second kappa shape index (κ2) is 6.13. The van der Waals surface area contributed by atoms with Gasteiger partial charge in [-0.3, -0.25) is 0 Å². The smallest absolute Gasteiger partial charge is 0.0955 e. The summed E-state index contributed by atoms with van der Waals surface area (Å²) in [4.78, 5) is 9.35. The molecule has 116 valence electrons. The Bertz CT molecular complexity index is 958. The third-order valence-corrected chi connectivity index (χ3v) is 4.04. The van der Waals surface area contributed by atoms with E-state index in [2.05, 4.69) is 35.3 Å². The molecule has 0 fully saturated rings. The topological polar surface area (TPSA) is 30.2 Å². The summed E-state index contributed by atoms with van der Waals surface area (Å²) in [5, 5.41) is 0. The maximum absolute atomic E-state index is 4.93. The zero-order valence-electron chi connectivity index (χ0n) is 13.4. The Morgan fingerprint density at radius 3 is 2.08 bits per heavy atom. The summed E-state index contributed by atoms with van der Waals surface area (Å²) in [5.74, 6) is 0. The van der Waals surface area contributed by atoms with Gasteiger partial charge in [-0.05, 0) is 18.2 Å². The van der Waals surface area contributed by atoms with Crippen molar-refractivity contribution in [3.05, 3.63) is 96.3 Å². The van der Waals surface area contributed by atoms with Gasteiger partial charge in [0.15, 0.2) is 0 Å². The number of nitrogens with zero attached hydrogens (tertiary/aromatic N) is 3. The average molecular weight is 311 g/mol. The zero-order chi connectivity index (χ0) is 16.4. The fraction of sp³-hybridized carbons (Fsp3) is 0.0476. The van der Waals surface area contributed by atoms with Crippen LogP contribution in [0, 0.1) is 0 Å². The standard InChI is InChI=1S/C21H17N3/c1-24-15-22-19-14-18(12-13-20(19)24)23-21(16-8-4-2-5-9-16)17-10-6-3-7-11-17/h2-15H,1H3. The van der Waals surface area contributed by atoms with Crippen molar-refractivity contribution < 1.29 is 0 Å². The van der Waals surface area contributed by atoms with E-state index in [0.717, 1.165) is 33.6 Å². The number of fused-ring (bicyclic) bond motifs is 1. The molecule has 0 radical (unpaired) electrons. The molecule has 3 heteroatoms. The van der Waals surface area contributed by atoms with E-state index < -0.39 is 0 Å². The lowest BCUT2D eigenvalue weighted by Gasteiger charge is -2.08. The summed E-state index contributed by atoms with van der Waals surface area (Å²) < 4.78 is 2.01. The van der Waals surface area contributed by atoms with Crippen molar-refractivity contribution in [3.63, 3.8) is 0 Å². The Morgan fingerprint density at radius 2 is 1.46 bits per heavy atom. The molecule has 0 bridgehead atoms. The van der Waals surface area contributed by atoms with Gasteiger partial charge in [0.05, 0.1) is 28.8 Å². The molecule has 0 N–H and O–H groups in total. The summed E-state index contributed by atoms with van der Waals surface area (Å²) >= 11 is 0. The maximum Gasteiger partial charge on any atom is 0.0955 e. The summed E-state index contributed by atoms with van der Waals surface area (Å²) in [5.41, 5.74) is 6.14. The van der Waals surface area contributed by atoms with Crippen molar-refractivity contribution >= 4 is 22.4 Å². The lowest BCUT2D eigenvalue weighted by Crippen LogP contribution is -2.02. The summed E-state index contributed by atoms with van der Waals surface area (Å²) in [6, 6.07) is 26.7. The zero-order valence-corrected chi connectivity index (χ0v) is 13.4. The molecule has 1 heterocycles. The van der Waals surface area contributed by atoms with E-state index in [-0.39, 0.29) is 0 Å². The molecule has 0 saturated carbocycles. The van der Waals surface area contributed by atoms with Crippen LogP contribution >= 0.6 is 0 Å². The lowest BCUT2D eigenvalue weighted by atomic mass is 10.0. The van der Waals surface area contributed by atoms with Crippen LogP contribution in [0.3, 0.4) is 0 Å². The minimum Gasteiger partial charge on any atom is -0.334 e. The van der Waals surface area contributed by atoms with Crippen LogP contribution in [-0.4, -0.2) is 15.3 Å². The quantitative estimate of drug-likeness (QED) is 0.502. The van der Waals surface area contributed by atoms with Crippen LogP contribution in [-0.2, 0) is 7.05 Å². The Labute approximate surface area is 140 Å². The molecular formula is C21H17N3. The summed E-state index contributed by atoms with van der Waals surface area (Å²) in [6.45, 7) is 0. The highest BCUT2D eigenvalue weighted by Crippen LogP contribution is 2.22. The van der Waals surface area contributed by atoms with E-state index in [1.54, 1.807) is 0 Å². The molecule has 3 nitrogen and oxygen atoms in total. The van der Waals surface area contributed by atoms with E-state index in [0.29, 0.717) is 0 Å². The van der Waals surface area contributed by atoms with Crippen molar-refractivity contribution in [2.45, 2.75) is 0 Å². The molecule has 0 amide bonds. The van der Waals surface area contributed by atoms with Gasteiger partial charge in [0.25, 0.3) is 0 Å². The second-order valence-corrected chi connectivity index (χ2v) is 5.72. The van der Waals surface area contributed by atoms with Gasteiger partial charge in [-0.1, -0.05) is 60.7 Å². The highest BCUT2D eigenvalue weighted by Gasteiger charge is 2.07. The van der Waals surface area contributed by atoms with Crippen molar-refractivity contribution in [2.24, 2.45) is 12.0 Å². The van der Waals surface area contributed by atoms with Crippen LogP contribution in [0.15, 0.2) is 90.2 Å². The SMILES string of the molecule is Cn1cnc2cc(N=C(c3ccccc3)c3ccccc3)ccc21. The molecule has 4 aromatic rings. The Balaban J connectivity index is 1.86. The van der Waals surface area contributed by atoms with Crippen LogP contribution in [0.4, 0.5) is 5.69 Å². The van der Waals surface area contributed by atoms with Gasteiger partial charge in [-0.25, -0.2) is 9.98 Å². The third-order valence-electron chi connectivity index (χ3n) is 4.04. The predicted molar refractivity (Wildman–Crippen MR) is 98.9 cm³/mol. The fourth-order valence-corrected chi connectivity index (χ4v) is 2.81. The van der Waals surface area contributed by atoms with Crippen molar-refractivity contribution in [1.29, 1.82) is 0 Å². The van der Waals surface area contributed by atoms with Gasteiger partial charge >= 0.3 is 0 Å². The first-order chi connectivity index (χ1) is 11.8. The number of rotatable bonds is 3. The van der Waals surface area contributed by atoms with Crippen LogP contribution < -0.4 is 0 Å². The molecule has 4 rings (SSSR count). The van der Waals surface area contributed by atoms with E-state index in [1.807, 2.05) is 66.5 Å². The van der Waals surface area contributed by atoms with Gasteiger partial charge in [0.2, 0.25) is 0 Å². The minimum absolute atomic E-state index is 0.906. The lowest BCUT2D eigenvalue weighted by molar-refractivity contribution is 0.948. The molecule has 0 aliphatic rings. The van der Waals surface area contributed by atoms with Gasteiger partial charge in [-0.2, -0.15) is 0 Å². The summed E-state index contributed by atoms with van der Waals surface area (Å²) in [7, 11) is 2.00. The number of imidazole rings is 1. The molecule has 0 atom stereocenters.